The van der Waals surface area contributed by atoms with Crippen LogP contribution in [0, 0.1) is 0 Å². The standard InChI is InChI=1S/C16H20N2O8/c1-17-8(5-9(19)14(17)23)7-3-2-4-18(6-7)15-12(22)10(20)11(21)13(26-15)16(24)25/h2-4,6,8-13,15,19-22H,5H2,1H3/p+1/t8?,9-,10+,11-,12?,13?,15+/m0/s1/i1D3. The molecule has 0 spiro atoms. The second-order valence-electron chi connectivity index (χ2n) is 6.32. The maximum Gasteiger partial charge on any atom is 0.335 e. The predicted octanol–water partition coefficient (Wildman–Crippen LogP) is -2.70. The summed E-state index contributed by atoms with van der Waals surface area (Å²) in [4.78, 5) is 24.0. The molecule has 0 aromatic carbocycles. The van der Waals surface area contributed by atoms with Crippen molar-refractivity contribution in [3.05, 3.63) is 30.1 Å². The first kappa shape index (κ1) is 15.0. The van der Waals surface area contributed by atoms with E-state index >= 15 is 0 Å². The van der Waals surface area contributed by atoms with Gasteiger partial charge in [-0.15, -0.1) is 0 Å². The van der Waals surface area contributed by atoms with Crippen LogP contribution in [0.2, 0.25) is 0 Å². The van der Waals surface area contributed by atoms with Crippen LogP contribution in [0.25, 0.3) is 0 Å². The molecular weight excluding hydrogens is 348 g/mol. The lowest BCUT2D eigenvalue weighted by atomic mass is 9.97. The summed E-state index contributed by atoms with van der Waals surface area (Å²) in [6.07, 6.45) is -7.50. The van der Waals surface area contributed by atoms with E-state index in [2.05, 4.69) is 0 Å². The highest BCUT2D eigenvalue weighted by atomic mass is 16.6. The number of carbonyl (C=O) groups is 2. The molecule has 0 aliphatic carbocycles. The lowest BCUT2D eigenvalue weighted by Crippen LogP contribution is -2.63. The molecule has 2 saturated heterocycles. The second kappa shape index (κ2) is 6.89. The molecule has 0 saturated carbocycles. The smallest absolute Gasteiger partial charge is 0.335 e. The molecule has 7 atom stereocenters. The van der Waals surface area contributed by atoms with Gasteiger partial charge in [-0.25, -0.2) is 4.79 Å². The molecule has 1 aromatic rings. The van der Waals surface area contributed by atoms with Crippen LogP contribution < -0.4 is 4.57 Å². The average molecular weight is 372 g/mol. The molecule has 5 N–H and O–H groups in total. The minimum absolute atomic E-state index is 0.172. The Labute approximate surface area is 152 Å². The van der Waals surface area contributed by atoms with Crippen molar-refractivity contribution in [2.24, 2.45) is 0 Å². The minimum Gasteiger partial charge on any atom is -0.479 e. The number of likely N-dealkylation sites (N-methyl/N-ethyl adjacent to an activating group) is 1. The molecule has 0 radical (unpaired) electrons. The molecule has 10 nitrogen and oxygen atoms in total. The Morgan fingerprint density at radius 2 is 2.04 bits per heavy atom. The third-order valence-electron chi connectivity index (χ3n) is 4.64. The Morgan fingerprint density at radius 3 is 2.69 bits per heavy atom. The van der Waals surface area contributed by atoms with Gasteiger partial charge in [0, 0.05) is 29.1 Å². The normalized spacial score (nSPS) is 40.0. The van der Waals surface area contributed by atoms with Crippen LogP contribution in [-0.4, -0.2) is 79.8 Å². The van der Waals surface area contributed by atoms with Gasteiger partial charge in [0.05, 0.1) is 6.04 Å². The average Bonchev–Trinajstić information content (AvgIpc) is 2.95. The Bertz CT molecular complexity index is 807. The van der Waals surface area contributed by atoms with E-state index in [9.17, 15) is 30.0 Å². The molecule has 3 unspecified atom stereocenters. The van der Waals surface area contributed by atoms with Crippen molar-refractivity contribution >= 4 is 11.9 Å². The van der Waals surface area contributed by atoms with Gasteiger partial charge in [0.1, 0.15) is 18.3 Å². The van der Waals surface area contributed by atoms with E-state index in [0.717, 1.165) is 0 Å². The number of hydrogen-bond donors (Lipinski definition) is 5. The number of hydrogen-bond acceptors (Lipinski definition) is 7. The van der Waals surface area contributed by atoms with Gasteiger partial charge in [-0.3, -0.25) is 4.79 Å². The number of carboxylic acids is 1. The largest absolute Gasteiger partial charge is 0.479 e. The van der Waals surface area contributed by atoms with Crippen molar-refractivity contribution in [2.75, 3.05) is 6.98 Å². The monoisotopic (exact) mass is 372 g/mol. The quantitative estimate of drug-likeness (QED) is 0.360. The lowest BCUT2D eigenvalue weighted by molar-refractivity contribution is -0.777. The number of aliphatic hydroxyl groups is 4. The fourth-order valence-corrected chi connectivity index (χ4v) is 3.20. The van der Waals surface area contributed by atoms with Crippen molar-refractivity contribution in [3.8, 4) is 0 Å². The molecule has 2 aliphatic rings. The van der Waals surface area contributed by atoms with Crippen LogP contribution in [0.3, 0.4) is 0 Å². The maximum atomic E-state index is 12.1. The highest BCUT2D eigenvalue weighted by Crippen LogP contribution is 2.31. The van der Waals surface area contributed by atoms with Gasteiger partial charge < -0.3 is 35.2 Å². The maximum absolute atomic E-state index is 12.1. The molecular formula is C16H21N2O8+. The summed E-state index contributed by atoms with van der Waals surface area (Å²) in [6.45, 7) is -2.80. The summed E-state index contributed by atoms with van der Waals surface area (Å²) >= 11 is 0. The van der Waals surface area contributed by atoms with Crippen LogP contribution in [-0.2, 0) is 14.3 Å². The summed E-state index contributed by atoms with van der Waals surface area (Å²) in [5.41, 5.74) is 0.289. The van der Waals surface area contributed by atoms with Gasteiger partial charge in [0.15, 0.2) is 24.6 Å². The molecule has 1 aromatic heterocycles. The fraction of sp³-hybridized carbons (Fsp3) is 0.562. The van der Waals surface area contributed by atoms with Crippen LogP contribution >= 0.6 is 0 Å². The van der Waals surface area contributed by atoms with Crippen molar-refractivity contribution in [3.63, 3.8) is 0 Å². The summed E-state index contributed by atoms with van der Waals surface area (Å²) in [6, 6.07) is 1.95. The zero-order chi connectivity index (χ0) is 21.7. The van der Waals surface area contributed by atoms with Gasteiger partial charge in [0.25, 0.3) is 12.1 Å². The number of carboxylic acid groups (broad SMARTS) is 1. The van der Waals surface area contributed by atoms with E-state index in [1.807, 2.05) is 0 Å². The Balaban J connectivity index is 1.95. The van der Waals surface area contributed by atoms with Gasteiger partial charge in [-0.05, 0) is 6.07 Å². The zero-order valence-corrected chi connectivity index (χ0v) is 13.4. The minimum atomic E-state index is -2.80. The SMILES string of the molecule is [2H]C([2H])([2H])N1C(=O)[C@@H](O)CC1c1ccc[n+]([C@@H]2OC(C(=O)O)[C@@H](O)[C@@H](O)C2O)c1. The van der Waals surface area contributed by atoms with Gasteiger partial charge in [0.2, 0.25) is 0 Å². The number of aromatic nitrogens is 1. The summed E-state index contributed by atoms with van der Waals surface area (Å²) < 4.78 is 29.1. The number of rotatable bonds is 3. The third kappa shape index (κ3) is 3.06. The van der Waals surface area contributed by atoms with Crippen molar-refractivity contribution in [1.29, 1.82) is 0 Å². The first-order valence-corrected chi connectivity index (χ1v) is 7.88. The molecule has 2 aliphatic heterocycles. The molecule has 3 heterocycles. The molecule has 2 fully saturated rings. The van der Waals surface area contributed by atoms with Crippen molar-refractivity contribution in [2.45, 2.75) is 49.2 Å². The fourth-order valence-electron chi connectivity index (χ4n) is 3.20. The van der Waals surface area contributed by atoms with Gasteiger partial charge in [-0.2, -0.15) is 4.57 Å². The van der Waals surface area contributed by atoms with Gasteiger partial charge in [-0.1, -0.05) is 0 Å². The van der Waals surface area contributed by atoms with Crippen LogP contribution in [0.4, 0.5) is 0 Å². The zero-order valence-electron chi connectivity index (χ0n) is 16.4. The number of carbonyl (C=O) groups excluding carboxylic acids is 1. The predicted molar refractivity (Wildman–Crippen MR) is 82.3 cm³/mol. The molecule has 26 heavy (non-hydrogen) atoms. The number of aliphatic carboxylic acids is 1. The van der Waals surface area contributed by atoms with E-state index in [1.54, 1.807) is 0 Å². The molecule has 0 bridgehead atoms. The first-order chi connectivity index (χ1) is 13.4. The number of likely N-dealkylation sites (tertiary alicyclic amines) is 1. The number of ether oxygens (including phenoxy) is 1. The van der Waals surface area contributed by atoms with E-state index in [0.29, 0.717) is 4.90 Å². The number of amides is 1. The van der Waals surface area contributed by atoms with Gasteiger partial charge >= 0.3 is 5.97 Å². The highest BCUT2D eigenvalue weighted by Gasteiger charge is 2.51. The van der Waals surface area contributed by atoms with E-state index in [-0.39, 0.29) is 12.0 Å². The van der Waals surface area contributed by atoms with Crippen LogP contribution in [0.1, 0.15) is 28.4 Å². The van der Waals surface area contributed by atoms with Crippen LogP contribution in [0.5, 0.6) is 0 Å². The lowest BCUT2D eigenvalue weighted by Gasteiger charge is -2.35. The van der Waals surface area contributed by atoms with E-state index in [1.165, 1.54) is 29.1 Å². The topological polar surface area (TPSA) is 152 Å². The summed E-state index contributed by atoms with van der Waals surface area (Å²) in [5.74, 6) is -2.48. The number of aliphatic hydroxyl groups excluding tert-OH is 4. The number of pyridine rings is 1. The second-order valence-corrected chi connectivity index (χ2v) is 6.32. The highest BCUT2D eigenvalue weighted by molar-refractivity contribution is 5.83. The molecule has 10 heteroatoms. The number of nitrogens with zero attached hydrogens (tertiary/aromatic N) is 2. The van der Waals surface area contributed by atoms with Crippen LogP contribution in [0.15, 0.2) is 24.5 Å². The molecule has 142 valence electrons. The van der Waals surface area contributed by atoms with E-state index < -0.39 is 61.6 Å². The molecule has 3 rings (SSSR count). The summed E-state index contributed by atoms with van der Waals surface area (Å²) in [7, 11) is 0. The Kier molecular flexibility index (Phi) is 3.98. The molecule has 1 amide bonds. The van der Waals surface area contributed by atoms with Crippen molar-refractivity contribution in [1.82, 2.24) is 4.90 Å². The summed E-state index contributed by atoms with van der Waals surface area (Å²) in [5, 5.41) is 49.0. The van der Waals surface area contributed by atoms with E-state index in [4.69, 9.17) is 14.0 Å². The Hall–Kier alpha value is -2.11. The Morgan fingerprint density at radius 1 is 1.31 bits per heavy atom. The first-order valence-electron chi connectivity index (χ1n) is 9.38. The van der Waals surface area contributed by atoms with Crippen molar-refractivity contribution < 1.29 is 48.5 Å². The third-order valence-corrected chi connectivity index (χ3v) is 4.64.